The van der Waals surface area contributed by atoms with Crippen molar-refractivity contribution >= 4 is 22.8 Å². The van der Waals surface area contributed by atoms with Crippen LogP contribution in [0.1, 0.15) is 20.3 Å². The number of nitrogens with zero attached hydrogens (tertiary/aromatic N) is 1. The molecule has 5 heteroatoms. The summed E-state index contributed by atoms with van der Waals surface area (Å²) in [5.74, 6) is 0. The summed E-state index contributed by atoms with van der Waals surface area (Å²) in [5, 5.41) is 12.4. The Morgan fingerprint density at radius 1 is 1.47 bits per heavy atom. The summed E-state index contributed by atoms with van der Waals surface area (Å²) in [4.78, 5) is 4.28. The lowest BCUT2D eigenvalue weighted by Gasteiger charge is -2.13. The molecule has 0 saturated heterocycles. The van der Waals surface area contributed by atoms with Crippen molar-refractivity contribution in [2.45, 2.75) is 32.4 Å². The van der Waals surface area contributed by atoms with Crippen molar-refractivity contribution in [3.05, 3.63) is 18.2 Å². The standard InChI is InChI=1S/C12H17N3O2/c1-7(5-8(2)16)14-12-15-10-6-9(13)3-4-11(10)17-12/h3-4,6-8,16H,5,13H2,1-2H3,(H,14,15). The van der Waals surface area contributed by atoms with Gasteiger partial charge in [-0.15, -0.1) is 0 Å². The van der Waals surface area contributed by atoms with Crippen LogP contribution in [0.2, 0.25) is 0 Å². The van der Waals surface area contributed by atoms with Crippen LogP contribution in [0.15, 0.2) is 22.6 Å². The lowest BCUT2D eigenvalue weighted by Crippen LogP contribution is -2.20. The van der Waals surface area contributed by atoms with Crippen molar-refractivity contribution in [2.75, 3.05) is 11.1 Å². The summed E-state index contributed by atoms with van der Waals surface area (Å²) in [7, 11) is 0. The lowest BCUT2D eigenvalue weighted by atomic mass is 10.2. The fourth-order valence-electron chi connectivity index (χ4n) is 1.79. The fraction of sp³-hybridized carbons (Fsp3) is 0.417. The molecule has 2 rings (SSSR count). The number of fused-ring (bicyclic) bond motifs is 1. The zero-order valence-electron chi connectivity index (χ0n) is 9.97. The van der Waals surface area contributed by atoms with E-state index in [0.29, 0.717) is 23.7 Å². The highest BCUT2D eigenvalue weighted by Gasteiger charge is 2.10. The van der Waals surface area contributed by atoms with Gasteiger partial charge in [-0.3, -0.25) is 0 Å². The number of hydrogen-bond acceptors (Lipinski definition) is 5. The van der Waals surface area contributed by atoms with Crippen molar-refractivity contribution in [1.82, 2.24) is 4.98 Å². The number of aliphatic hydroxyl groups is 1. The number of nitrogen functional groups attached to an aromatic ring is 1. The summed E-state index contributed by atoms with van der Waals surface area (Å²) >= 11 is 0. The highest BCUT2D eigenvalue weighted by Crippen LogP contribution is 2.21. The van der Waals surface area contributed by atoms with E-state index in [1.54, 1.807) is 25.1 Å². The summed E-state index contributed by atoms with van der Waals surface area (Å²) in [6.45, 7) is 3.72. The summed E-state index contributed by atoms with van der Waals surface area (Å²) in [6, 6.07) is 5.89. The van der Waals surface area contributed by atoms with Gasteiger partial charge in [0.15, 0.2) is 5.58 Å². The van der Waals surface area contributed by atoms with E-state index in [9.17, 15) is 5.11 Å². The van der Waals surface area contributed by atoms with Crippen LogP contribution in [0, 0.1) is 0 Å². The number of oxazole rings is 1. The van der Waals surface area contributed by atoms with Gasteiger partial charge in [0.2, 0.25) is 0 Å². The molecule has 1 aromatic heterocycles. The van der Waals surface area contributed by atoms with E-state index < -0.39 is 0 Å². The van der Waals surface area contributed by atoms with E-state index in [2.05, 4.69) is 10.3 Å². The molecule has 0 saturated carbocycles. The first-order chi connectivity index (χ1) is 8.04. The zero-order valence-corrected chi connectivity index (χ0v) is 9.97. The van der Waals surface area contributed by atoms with Gasteiger partial charge in [-0.1, -0.05) is 0 Å². The van der Waals surface area contributed by atoms with Crippen molar-refractivity contribution in [3.8, 4) is 0 Å². The summed E-state index contributed by atoms with van der Waals surface area (Å²) in [5.41, 5.74) is 7.76. The van der Waals surface area contributed by atoms with Gasteiger partial charge < -0.3 is 20.6 Å². The van der Waals surface area contributed by atoms with Crippen LogP contribution in [0.5, 0.6) is 0 Å². The highest BCUT2D eigenvalue weighted by atomic mass is 16.4. The number of nitrogens with one attached hydrogen (secondary N) is 1. The molecule has 2 atom stereocenters. The summed E-state index contributed by atoms with van der Waals surface area (Å²) < 4.78 is 5.52. The van der Waals surface area contributed by atoms with Crippen LogP contribution in [0.3, 0.4) is 0 Å². The summed E-state index contributed by atoms with van der Waals surface area (Å²) in [6.07, 6.45) is 0.290. The van der Waals surface area contributed by atoms with Gasteiger partial charge in [0, 0.05) is 11.7 Å². The highest BCUT2D eigenvalue weighted by molar-refractivity contribution is 5.78. The topological polar surface area (TPSA) is 84.3 Å². The normalized spacial score (nSPS) is 14.8. The molecular formula is C12H17N3O2. The molecule has 1 aromatic carbocycles. The Bertz CT molecular complexity index is 507. The Labute approximate surface area is 99.6 Å². The van der Waals surface area contributed by atoms with Crippen molar-refractivity contribution in [3.63, 3.8) is 0 Å². The average Bonchev–Trinajstić information content (AvgIpc) is 2.57. The van der Waals surface area contributed by atoms with Gasteiger partial charge >= 0.3 is 0 Å². The van der Waals surface area contributed by atoms with Gasteiger partial charge in [-0.25, -0.2) is 0 Å². The van der Waals surface area contributed by atoms with Gasteiger partial charge in [-0.05, 0) is 38.5 Å². The quantitative estimate of drug-likeness (QED) is 0.706. The first kappa shape index (κ1) is 11.7. The minimum atomic E-state index is -0.350. The third-order valence-corrected chi connectivity index (χ3v) is 2.48. The minimum absolute atomic E-state index is 0.0976. The molecule has 0 amide bonds. The number of aromatic nitrogens is 1. The van der Waals surface area contributed by atoms with Gasteiger partial charge in [0.05, 0.1) is 6.10 Å². The molecular weight excluding hydrogens is 218 g/mol. The maximum atomic E-state index is 9.27. The molecule has 17 heavy (non-hydrogen) atoms. The molecule has 1 heterocycles. The Kier molecular flexibility index (Phi) is 3.19. The first-order valence-corrected chi connectivity index (χ1v) is 5.65. The number of hydrogen-bond donors (Lipinski definition) is 3. The minimum Gasteiger partial charge on any atom is -0.424 e. The molecule has 4 N–H and O–H groups in total. The predicted octanol–water partition coefficient (Wildman–Crippen LogP) is 1.98. The zero-order chi connectivity index (χ0) is 12.4. The molecule has 0 aliphatic rings. The van der Waals surface area contributed by atoms with Crippen LogP contribution in [0.25, 0.3) is 11.1 Å². The van der Waals surface area contributed by atoms with Crippen molar-refractivity contribution < 1.29 is 9.52 Å². The molecule has 0 fully saturated rings. The lowest BCUT2D eigenvalue weighted by molar-refractivity contribution is 0.179. The maximum Gasteiger partial charge on any atom is 0.295 e. The molecule has 0 spiro atoms. The van der Waals surface area contributed by atoms with Crippen LogP contribution in [0.4, 0.5) is 11.7 Å². The van der Waals surface area contributed by atoms with E-state index in [4.69, 9.17) is 10.2 Å². The Morgan fingerprint density at radius 3 is 2.94 bits per heavy atom. The molecule has 0 radical (unpaired) electrons. The molecule has 5 nitrogen and oxygen atoms in total. The van der Waals surface area contributed by atoms with E-state index in [0.717, 1.165) is 5.52 Å². The largest absolute Gasteiger partial charge is 0.424 e. The molecule has 0 aliphatic heterocycles. The van der Waals surface area contributed by atoms with Crippen molar-refractivity contribution in [1.29, 1.82) is 0 Å². The second-order valence-electron chi connectivity index (χ2n) is 4.38. The van der Waals surface area contributed by atoms with E-state index in [1.165, 1.54) is 0 Å². The molecule has 92 valence electrons. The van der Waals surface area contributed by atoms with Crippen LogP contribution in [-0.2, 0) is 0 Å². The van der Waals surface area contributed by atoms with E-state index in [1.807, 2.05) is 6.92 Å². The Balaban J connectivity index is 2.14. The van der Waals surface area contributed by atoms with Crippen LogP contribution < -0.4 is 11.1 Å². The van der Waals surface area contributed by atoms with E-state index in [-0.39, 0.29) is 12.1 Å². The van der Waals surface area contributed by atoms with Crippen molar-refractivity contribution in [2.24, 2.45) is 0 Å². The first-order valence-electron chi connectivity index (χ1n) is 5.65. The fourth-order valence-corrected chi connectivity index (χ4v) is 1.79. The molecule has 0 bridgehead atoms. The number of nitrogens with two attached hydrogens (primary N) is 1. The second-order valence-corrected chi connectivity index (χ2v) is 4.38. The van der Waals surface area contributed by atoms with Gasteiger partial charge in [0.1, 0.15) is 5.52 Å². The molecule has 2 unspecified atom stereocenters. The molecule has 2 aromatic rings. The third kappa shape index (κ3) is 2.88. The van der Waals surface area contributed by atoms with Gasteiger partial charge in [0.25, 0.3) is 6.01 Å². The SMILES string of the molecule is CC(O)CC(C)Nc1nc2cc(N)ccc2o1. The van der Waals surface area contributed by atoms with E-state index >= 15 is 0 Å². The maximum absolute atomic E-state index is 9.27. The third-order valence-electron chi connectivity index (χ3n) is 2.48. The smallest absolute Gasteiger partial charge is 0.295 e. The number of rotatable bonds is 4. The number of aliphatic hydroxyl groups excluding tert-OH is 1. The number of benzene rings is 1. The second kappa shape index (κ2) is 4.63. The Morgan fingerprint density at radius 2 is 2.24 bits per heavy atom. The number of anilines is 2. The van der Waals surface area contributed by atoms with Crippen LogP contribution in [-0.4, -0.2) is 22.2 Å². The Hall–Kier alpha value is -1.75. The predicted molar refractivity (Wildman–Crippen MR) is 67.8 cm³/mol. The monoisotopic (exact) mass is 235 g/mol. The van der Waals surface area contributed by atoms with Crippen LogP contribution >= 0.6 is 0 Å². The van der Waals surface area contributed by atoms with Gasteiger partial charge in [-0.2, -0.15) is 4.98 Å². The molecule has 0 aliphatic carbocycles. The average molecular weight is 235 g/mol.